The topological polar surface area (TPSA) is 46.2 Å². The van der Waals surface area contributed by atoms with Crippen LogP contribution < -0.4 is 5.32 Å². The van der Waals surface area contributed by atoms with Crippen LogP contribution in [0.15, 0.2) is 28.7 Å². The SMILES string of the molecule is CC(=O)CC(=O)NC(C)c1ccc(Br)cc1. The van der Waals surface area contributed by atoms with E-state index in [9.17, 15) is 9.59 Å². The molecule has 0 bridgehead atoms. The van der Waals surface area contributed by atoms with Crippen LogP contribution in [0.3, 0.4) is 0 Å². The Hall–Kier alpha value is -1.16. The van der Waals surface area contributed by atoms with Crippen molar-refractivity contribution in [1.29, 1.82) is 0 Å². The molecule has 0 fully saturated rings. The van der Waals surface area contributed by atoms with Gasteiger partial charge in [-0.1, -0.05) is 28.1 Å². The molecule has 0 aliphatic carbocycles. The van der Waals surface area contributed by atoms with Crippen molar-refractivity contribution in [2.24, 2.45) is 0 Å². The number of ketones is 1. The van der Waals surface area contributed by atoms with Gasteiger partial charge in [0.2, 0.25) is 5.91 Å². The Morgan fingerprint density at radius 1 is 1.31 bits per heavy atom. The highest BCUT2D eigenvalue weighted by atomic mass is 79.9. The Labute approximate surface area is 103 Å². The number of nitrogens with one attached hydrogen (secondary N) is 1. The lowest BCUT2D eigenvalue weighted by atomic mass is 10.1. The van der Waals surface area contributed by atoms with E-state index >= 15 is 0 Å². The number of hydrogen-bond donors (Lipinski definition) is 1. The summed E-state index contributed by atoms with van der Waals surface area (Å²) in [5.41, 5.74) is 1.01. The number of carbonyl (C=O) groups is 2. The van der Waals surface area contributed by atoms with Crippen LogP contribution in [0.25, 0.3) is 0 Å². The number of amides is 1. The van der Waals surface area contributed by atoms with Crippen LogP contribution >= 0.6 is 15.9 Å². The van der Waals surface area contributed by atoms with E-state index in [0.717, 1.165) is 10.0 Å². The predicted octanol–water partition coefficient (Wildman–Crippen LogP) is 2.61. The van der Waals surface area contributed by atoms with Crippen molar-refractivity contribution < 1.29 is 9.59 Å². The summed E-state index contributed by atoms with van der Waals surface area (Å²) in [6, 6.07) is 7.62. The molecule has 16 heavy (non-hydrogen) atoms. The molecule has 4 heteroatoms. The lowest BCUT2D eigenvalue weighted by Gasteiger charge is -2.13. The van der Waals surface area contributed by atoms with Crippen LogP contribution in [-0.4, -0.2) is 11.7 Å². The van der Waals surface area contributed by atoms with Gasteiger partial charge in [-0.3, -0.25) is 9.59 Å². The lowest BCUT2D eigenvalue weighted by Crippen LogP contribution is -2.27. The van der Waals surface area contributed by atoms with Crippen molar-refractivity contribution >= 4 is 27.6 Å². The van der Waals surface area contributed by atoms with Crippen LogP contribution in [0, 0.1) is 0 Å². The van der Waals surface area contributed by atoms with Crippen molar-refractivity contribution in [2.45, 2.75) is 26.3 Å². The maximum absolute atomic E-state index is 11.4. The smallest absolute Gasteiger partial charge is 0.227 e. The van der Waals surface area contributed by atoms with Gasteiger partial charge in [-0.2, -0.15) is 0 Å². The molecule has 1 atom stereocenters. The highest BCUT2D eigenvalue weighted by molar-refractivity contribution is 9.10. The highest BCUT2D eigenvalue weighted by Crippen LogP contribution is 2.16. The maximum atomic E-state index is 11.4. The second-order valence-electron chi connectivity index (χ2n) is 3.72. The number of rotatable bonds is 4. The van der Waals surface area contributed by atoms with Gasteiger partial charge < -0.3 is 5.32 Å². The summed E-state index contributed by atoms with van der Waals surface area (Å²) < 4.78 is 0.999. The monoisotopic (exact) mass is 283 g/mol. The second-order valence-corrected chi connectivity index (χ2v) is 4.64. The Morgan fingerprint density at radius 3 is 2.38 bits per heavy atom. The first-order valence-electron chi connectivity index (χ1n) is 5.03. The molecule has 0 radical (unpaired) electrons. The highest BCUT2D eigenvalue weighted by Gasteiger charge is 2.10. The fourth-order valence-corrected chi connectivity index (χ4v) is 1.62. The molecule has 1 aromatic rings. The van der Waals surface area contributed by atoms with Crippen LogP contribution in [0.5, 0.6) is 0 Å². The summed E-state index contributed by atoms with van der Waals surface area (Å²) in [5, 5.41) is 2.77. The molecule has 1 rings (SSSR count). The van der Waals surface area contributed by atoms with E-state index in [1.54, 1.807) is 0 Å². The zero-order chi connectivity index (χ0) is 12.1. The van der Waals surface area contributed by atoms with Crippen LogP contribution in [0.4, 0.5) is 0 Å². The molecule has 0 aromatic heterocycles. The van der Waals surface area contributed by atoms with Gasteiger partial charge in [0, 0.05) is 4.47 Å². The standard InChI is InChI=1S/C12H14BrNO2/c1-8(15)7-12(16)14-9(2)10-3-5-11(13)6-4-10/h3-6,9H,7H2,1-2H3,(H,14,16). The molecule has 0 saturated carbocycles. The molecule has 1 unspecified atom stereocenters. The van der Waals surface area contributed by atoms with E-state index in [4.69, 9.17) is 0 Å². The minimum atomic E-state index is -0.233. The Bertz CT molecular complexity index is 387. The molecule has 0 heterocycles. The largest absolute Gasteiger partial charge is 0.349 e. The number of hydrogen-bond acceptors (Lipinski definition) is 2. The molecular formula is C12H14BrNO2. The number of halogens is 1. The van der Waals surface area contributed by atoms with Crippen LogP contribution in [0.1, 0.15) is 31.9 Å². The zero-order valence-electron chi connectivity index (χ0n) is 9.29. The fourth-order valence-electron chi connectivity index (χ4n) is 1.35. The van der Waals surface area contributed by atoms with Gasteiger partial charge >= 0.3 is 0 Å². The first-order valence-corrected chi connectivity index (χ1v) is 5.82. The Balaban J connectivity index is 2.58. The molecule has 0 aliphatic heterocycles. The number of benzene rings is 1. The van der Waals surface area contributed by atoms with Crippen LogP contribution in [-0.2, 0) is 9.59 Å². The molecule has 0 saturated heterocycles. The van der Waals surface area contributed by atoms with Crippen molar-refractivity contribution in [1.82, 2.24) is 5.32 Å². The Kier molecular flexibility index (Phi) is 4.68. The summed E-state index contributed by atoms with van der Waals surface area (Å²) in [6.45, 7) is 3.30. The van der Waals surface area contributed by atoms with E-state index in [1.165, 1.54) is 6.92 Å². The molecule has 86 valence electrons. The van der Waals surface area contributed by atoms with Gasteiger partial charge in [-0.05, 0) is 31.5 Å². The molecule has 3 nitrogen and oxygen atoms in total. The number of Topliss-reactive ketones (excluding diaryl/α,β-unsaturated/α-hetero) is 1. The van der Waals surface area contributed by atoms with E-state index < -0.39 is 0 Å². The molecule has 1 N–H and O–H groups in total. The Morgan fingerprint density at radius 2 is 1.88 bits per heavy atom. The van der Waals surface area contributed by atoms with Gasteiger partial charge in [-0.25, -0.2) is 0 Å². The molecule has 1 aromatic carbocycles. The van der Waals surface area contributed by atoms with E-state index in [0.29, 0.717) is 0 Å². The van der Waals surface area contributed by atoms with Crippen molar-refractivity contribution in [3.8, 4) is 0 Å². The summed E-state index contributed by atoms with van der Waals surface area (Å²) >= 11 is 3.35. The van der Waals surface area contributed by atoms with Gasteiger partial charge in [0.25, 0.3) is 0 Å². The van der Waals surface area contributed by atoms with Crippen LogP contribution in [0.2, 0.25) is 0 Å². The van der Waals surface area contributed by atoms with Gasteiger partial charge in [0.1, 0.15) is 5.78 Å². The third-order valence-electron chi connectivity index (χ3n) is 2.16. The van der Waals surface area contributed by atoms with Gasteiger partial charge in [0.15, 0.2) is 0 Å². The summed E-state index contributed by atoms with van der Waals surface area (Å²) in [5.74, 6) is -0.358. The second kappa shape index (κ2) is 5.80. The molecule has 1 amide bonds. The molecule has 0 spiro atoms. The van der Waals surface area contributed by atoms with Crippen molar-refractivity contribution in [2.75, 3.05) is 0 Å². The third-order valence-corrected chi connectivity index (χ3v) is 2.69. The quantitative estimate of drug-likeness (QED) is 0.864. The van der Waals surface area contributed by atoms with Crippen molar-refractivity contribution in [3.63, 3.8) is 0 Å². The minimum absolute atomic E-state index is 0.0547. The summed E-state index contributed by atoms with van der Waals surface area (Å²) in [6.07, 6.45) is -0.0547. The van der Waals surface area contributed by atoms with E-state index in [1.807, 2.05) is 31.2 Å². The summed E-state index contributed by atoms with van der Waals surface area (Å²) in [4.78, 5) is 22.1. The first-order chi connectivity index (χ1) is 7.49. The lowest BCUT2D eigenvalue weighted by molar-refractivity contribution is -0.127. The maximum Gasteiger partial charge on any atom is 0.227 e. The minimum Gasteiger partial charge on any atom is -0.349 e. The summed E-state index contributed by atoms with van der Waals surface area (Å²) in [7, 11) is 0. The fraction of sp³-hybridized carbons (Fsp3) is 0.333. The molecule has 0 aliphatic rings. The van der Waals surface area contributed by atoms with Crippen molar-refractivity contribution in [3.05, 3.63) is 34.3 Å². The van der Waals surface area contributed by atoms with Gasteiger partial charge in [0.05, 0.1) is 12.5 Å². The number of carbonyl (C=O) groups excluding carboxylic acids is 2. The first kappa shape index (κ1) is 12.9. The van der Waals surface area contributed by atoms with E-state index in [-0.39, 0.29) is 24.2 Å². The zero-order valence-corrected chi connectivity index (χ0v) is 10.9. The normalized spacial score (nSPS) is 11.9. The predicted molar refractivity (Wildman–Crippen MR) is 66.0 cm³/mol. The average molecular weight is 284 g/mol. The van der Waals surface area contributed by atoms with Gasteiger partial charge in [-0.15, -0.1) is 0 Å². The van der Waals surface area contributed by atoms with E-state index in [2.05, 4.69) is 21.2 Å². The third kappa shape index (κ3) is 4.14. The molecular weight excluding hydrogens is 270 g/mol. The average Bonchev–Trinajstić information content (AvgIpc) is 2.16.